The minimum Gasteiger partial charge on any atom is -0.496 e. The van der Waals surface area contributed by atoms with E-state index in [1.807, 2.05) is 18.2 Å². The molecule has 1 aromatic rings. The Bertz CT molecular complexity index is 326. The second kappa shape index (κ2) is 5.59. The third-order valence-electron chi connectivity index (χ3n) is 2.40. The average Bonchev–Trinajstić information content (AvgIpc) is 2.98. The summed E-state index contributed by atoms with van der Waals surface area (Å²) in [5, 5.41) is 4.20. The van der Waals surface area contributed by atoms with E-state index in [2.05, 4.69) is 5.32 Å². The Hall–Kier alpha value is -0.440. The van der Waals surface area contributed by atoms with E-state index < -0.39 is 0 Å². The molecule has 0 bridgehead atoms. The molecule has 0 atom stereocenters. The molecule has 0 radical (unpaired) electrons. The Morgan fingerprint density at radius 2 is 2.20 bits per heavy atom. The largest absolute Gasteiger partial charge is 0.496 e. The Morgan fingerprint density at radius 3 is 2.80 bits per heavy atom. The van der Waals surface area contributed by atoms with Crippen LogP contribution in [0.3, 0.4) is 0 Å². The number of hydrogen-bond donors (Lipinski definition) is 1. The molecule has 84 valence electrons. The molecular weight excluding hydrogens is 233 g/mol. The highest BCUT2D eigenvalue weighted by atomic mass is 35.5. The first-order valence-electron chi connectivity index (χ1n) is 4.85. The molecule has 1 fully saturated rings. The smallest absolute Gasteiger partial charge is 0.123 e. The Labute approximate surface area is 101 Å². The first-order valence-corrected chi connectivity index (χ1v) is 5.23. The summed E-state index contributed by atoms with van der Waals surface area (Å²) >= 11 is 5.92. The fraction of sp³-hybridized carbons (Fsp3) is 0.455. The summed E-state index contributed by atoms with van der Waals surface area (Å²) in [6, 6.07) is 6.42. The van der Waals surface area contributed by atoms with E-state index in [-0.39, 0.29) is 12.4 Å². The summed E-state index contributed by atoms with van der Waals surface area (Å²) < 4.78 is 5.25. The predicted molar refractivity (Wildman–Crippen MR) is 65.1 cm³/mol. The van der Waals surface area contributed by atoms with Gasteiger partial charge in [-0.25, -0.2) is 0 Å². The van der Waals surface area contributed by atoms with E-state index in [1.54, 1.807) is 7.11 Å². The lowest BCUT2D eigenvalue weighted by molar-refractivity contribution is 0.407. The zero-order chi connectivity index (χ0) is 9.97. The number of halogens is 2. The van der Waals surface area contributed by atoms with Crippen molar-refractivity contribution in [2.45, 2.75) is 25.4 Å². The molecule has 4 heteroatoms. The summed E-state index contributed by atoms with van der Waals surface area (Å²) in [7, 11) is 1.68. The SMILES string of the molecule is COc1ccc(Cl)cc1CNC1CC1.Cl. The molecule has 15 heavy (non-hydrogen) atoms. The normalized spacial score (nSPS) is 14.5. The van der Waals surface area contributed by atoms with Crippen molar-refractivity contribution in [2.75, 3.05) is 7.11 Å². The van der Waals surface area contributed by atoms with Crippen molar-refractivity contribution in [2.24, 2.45) is 0 Å². The highest BCUT2D eigenvalue weighted by Gasteiger charge is 2.20. The lowest BCUT2D eigenvalue weighted by Crippen LogP contribution is -2.15. The molecule has 0 aromatic heterocycles. The second-order valence-electron chi connectivity index (χ2n) is 3.61. The second-order valence-corrected chi connectivity index (χ2v) is 4.05. The van der Waals surface area contributed by atoms with Crippen LogP contribution in [-0.2, 0) is 6.54 Å². The van der Waals surface area contributed by atoms with Crippen molar-refractivity contribution in [3.05, 3.63) is 28.8 Å². The molecule has 1 saturated carbocycles. The van der Waals surface area contributed by atoms with Crippen LogP contribution in [0.4, 0.5) is 0 Å². The van der Waals surface area contributed by atoms with Gasteiger partial charge in [-0.15, -0.1) is 12.4 Å². The van der Waals surface area contributed by atoms with Crippen LogP contribution in [0, 0.1) is 0 Å². The molecule has 2 nitrogen and oxygen atoms in total. The summed E-state index contributed by atoms with van der Waals surface area (Å²) in [5.74, 6) is 0.905. The monoisotopic (exact) mass is 247 g/mol. The van der Waals surface area contributed by atoms with Crippen molar-refractivity contribution < 1.29 is 4.74 Å². The minimum atomic E-state index is 0. The number of benzene rings is 1. The van der Waals surface area contributed by atoms with Gasteiger partial charge in [0.2, 0.25) is 0 Å². The maximum absolute atomic E-state index is 5.92. The Kier molecular flexibility index (Phi) is 4.71. The van der Waals surface area contributed by atoms with Crippen LogP contribution in [0.25, 0.3) is 0 Å². The van der Waals surface area contributed by atoms with Crippen LogP contribution in [0.2, 0.25) is 5.02 Å². The van der Waals surface area contributed by atoms with E-state index in [0.717, 1.165) is 22.9 Å². The molecule has 1 aliphatic carbocycles. The maximum atomic E-state index is 5.92. The predicted octanol–water partition coefficient (Wildman–Crippen LogP) is 3.02. The van der Waals surface area contributed by atoms with Crippen LogP contribution in [0.1, 0.15) is 18.4 Å². The molecule has 0 unspecified atom stereocenters. The summed E-state index contributed by atoms with van der Waals surface area (Å²) in [6.07, 6.45) is 2.59. The van der Waals surface area contributed by atoms with Gasteiger partial charge in [0.25, 0.3) is 0 Å². The van der Waals surface area contributed by atoms with Crippen molar-refractivity contribution in [3.8, 4) is 5.75 Å². The van der Waals surface area contributed by atoms with Crippen LogP contribution in [0.15, 0.2) is 18.2 Å². The summed E-state index contributed by atoms with van der Waals surface area (Å²) in [5.41, 5.74) is 1.13. The molecular formula is C11H15Cl2NO. The first-order chi connectivity index (χ1) is 6.79. The van der Waals surface area contributed by atoms with Gasteiger partial charge in [0.1, 0.15) is 5.75 Å². The molecule has 1 aromatic carbocycles. The van der Waals surface area contributed by atoms with Gasteiger partial charge in [0.15, 0.2) is 0 Å². The zero-order valence-electron chi connectivity index (χ0n) is 8.63. The highest BCUT2D eigenvalue weighted by Crippen LogP contribution is 2.24. The fourth-order valence-electron chi connectivity index (χ4n) is 1.43. The van der Waals surface area contributed by atoms with Gasteiger partial charge in [0.05, 0.1) is 7.11 Å². The van der Waals surface area contributed by atoms with Crippen LogP contribution in [-0.4, -0.2) is 13.2 Å². The molecule has 1 N–H and O–H groups in total. The third-order valence-corrected chi connectivity index (χ3v) is 2.64. The quantitative estimate of drug-likeness (QED) is 0.884. The molecule has 1 aliphatic rings. The number of nitrogens with one attached hydrogen (secondary N) is 1. The molecule has 0 spiro atoms. The van der Waals surface area contributed by atoms with Gasteiger partial charge in [-0.05, 0) is 31.0 Å². The standard InChI is InChI=1S/C11H14ClNO.ClH/c1-14-11-5-2-9(12)6-8(11)7-13-10-3-4-10;/h2,5-6,10,13H,3-4,7H2,1H3;1H. The van der Waals surface area contributed by atoms with E-state index >= 15 is 0 Å². The van der Waals surface area contributed by atoms with Crippen LogP contribution in [0.5, 0.6) is 5.75 Å². The highest BCUT2D eigenvalue weighted by molar-refractivity contribution is 6.30. The van der Waals surface area contributed by atoms with Gasteiger partial charge in [-0.2, -0.15) is 0 Å². The molecule has 2 rings (SSSR count). The van der Waals surface area contributed by atoms with Crippen molar-refractivity contribution in [3.63, 3.8) is 0 Å². The number of methoxy groups -OCH3 is 1. The number of rotatable bonds is 4. The van der Waals surface area contributed by atoms with Gasteiger partial charge < -0.3 is 10.1 Å². The lowest BCUT2D eigenvalue weighted by atomic mass is 10.2. The molecule has 0 saturated heterocycles. The van der Waals surface area contributed by atoms with Crippen LogP contribution < -0.4 is 10.1 Å². The fourth-order valence-corrected chi connectivity index (χ4v) is 1.62. The molecule has 0 amide bonds. The number of hydrogen-bond acceptors (Lipinski definition) is 2. The van der Waals surface area contributed by atoms with Crippen molar-refractivity contribution >= 4 is 24.0 Å². The van der Waals surface area contributed by atoms with E-state index in [9.17, 15) is 0 Å². The maximum Gasteiger partial charge on any atom is 0.123 e. The van der Waals surface area contributed by atoms with E-state index in [1.165, 1.54) is 12.8 Å². The Morgan fingerprint density at radius 1 is 1.47 bits per heavy atom. The first kappa shape index (κ1) is 12.6. The van der Waals surface area contributed by atoms with E-state index in [0.29, 0.717) is 6.04 Å². The van der Waals surface area contributed by atoms with Gasteiger partial charge in [-0.3, -0.25) is 0 Å². The number of ether oxygens (including phenoxy) is 1. The minimum absolute atomic E-state index is 0. The third kappa shape index (κ3) is 3.56. The van der Waals surface area contributed by atoms with Gasteiger partial charge >= 0.3 is 0 Å². The lowest BCUT2D eigenvalue weighted by Gasteiger charge is -2.09. The van der Waals surface area contributed by atoms with Crippen molar-refractivity contribution in [1.29, 1.82) is 0 Å². The summed E-state index contributed by atoms with van der Waals surface area (Å²) in [4.78, 5) is 0. The average molecular weight is 248 g/mol. The van der Waals surface area contributed by atoms with Crippen molar-refractivity contribution in [1.82, 2.24) is 5.32 Å². The van der Waals surface area contributed by atoms with Crippen LogP contribution >= 0.6 is 24.0 Å². The van der Waals surface area contributed by atoms with Gasteiger partial charge in [0, 0.05) is 23.2 Å². The van der Waals surface area contributed by atoms with E-state index in [4.69, 9.17) is 16.3 Å². The summed E-state index contributed by atoms with van der Waals surface area (Å²) in [6.45, 7) is 0.842. The Balaban J connectivity index is 0.00000112. The molecule has 0 heterocycles. The topological polar surface area (TPSA) is 21.3 Å². The molecule has 0 aliphatic heterocycles. The zero-order valence-corrected chi connectivity index (χ0v) is 10.2. The van der Waals surface area contributed by atoms with Gasteiger partial charge in [-0.1, -0.05) is 11.6 Å².